The van der Waals surface area contributed by atoms with Gasteiger partial charge in [0.25, 0.3) is 0 Å². The van der Waals surface area contributed by atoms with E-state index < -0.39 is 0 Å². The quantitative estimate of drug-likeness (QED) is 0.440. The minimum Gasteiger partial charge on any atom is -0.465 e. The van der Waals surface area contributed by atoms with Crippen molar-refractivity contribution in [3.8, 4) is 17.2 Å². The third kappa shape index (κ3) is 3.69. The molecule has 0 atom stereocenters. The number of benzene rings is 3. The van der Waals surface area contributed by atoms with Crippen LogP contribution in [0.4, 0.5) is 5.69 Å². The van der Waals surface area contributed by atoms with Crippen LogP contribution in [0.5, 0.6) is 0 Å². The second-order valence-electron chi connectivity index (χ2n) is 7.42. The Balaban J connectivity index is 1.79. The summed E-state index contributed by atoms with van der Waals surface area (Å²) in [5.74, 6) is 0.511. The van der Waals surface area contributed by atoms with Gasteiger partial charge in [-0.2, -0.15) is 5.26 Å². The molecule has 0 unspecified atom stereocenters. The maximum atomic E-state index is 12.5. The molecule has 6 nitrogen and oxygen atoms in total. The Morgan fingerprint density at radius 2 is 1.88 bits per heavy atom. The van der Waals surface area contributed by atoms with Crippen molar-refractivity contribution in [3.63, 3.8) is 0 Å². The van der Waals surface area contributed by atoms with Gasteiger partial charge < -0.3 is 14.6 Å². The number of hydrogen-bond acceptors (Lipinski definition) is 5. The van der Waals surface area contributed by atoms with E-state index in [1.165, 1.54) is 7.11 Å². The van der Waals surface area contributed by atoms with Gasteiger partial charge in [-0.25, -0.2) is 9.78 Å². The van der Waals surface area contributed by atoms with Crippen LogP contribution >= 0.6 is 0 Å². The van der Waals surface area contributed by atoms with Crippen molar-refractivity contribution in [2.75, 3.05) is 19.5 Å². The van der Waals surface area contributed by atoms with E-state index in [4.69, 9.17) is 9.72 Å². The highest BCUT2D eigenvalue weighted by Crippen LogP contribution is 2.30. The number of nitriles is 1. The summed E-state index contributed by atoms with van der Waals surface area (Å²) in [7, 11) is 3.23. The second kappa shape index (κ2) is 8.94. The Morgan fingerprint density at radius 3 is 2.53 bits per heavy atom. The first-order valence-electron chi connectivity index (χ1n) is 10.5. The first-order chi connectivity index (χ1) is 15.6. The molecule has 4 aromatic rings. The smallest absolute Gasteiger partial charge is 0.340 e. The number of anilines is 1. The van der Waals surface area contributed by atoms with Crippen molar-refractivity contribution >= 4 is 22.7 Å². The summed E-state index contributed by atoms with van der Waals surface area (Å²) < 4.78 is 7.11. The Bertz CT molecular complexity index is 1330. The summed E-state index contributed by atoms with van der Waals surface area (Å²) in [6.07, 6.45) is 0.728. The molecular weight excluding hydrogens is 400 g/mol. The maximum absolute atomic E-state index is 12.5. The van der Waals surface area contributed by atoms with Crippen molar-refractivity contribution in [1.82, 2.24) is 9.55 Å². The number of methoxy groups -OCH3 is 1. The van der Waals surface area contributed by atoms with Gasteiger partial charge in [0, 0.05) is 20.0 Å². The molecule has 160 valence electrons. The number of imidazole rings is 1. The minimum absolute atomic E-state index is 0.384. The molecule has 0 amide bonds. The lowest BCUT2D eigenvalue weighted by Crippen LogP contribution is -2.09. The molecule has 0 aliphatic rings. The van der Waals surface area contributed by atoms with Crippen LogP contribution < -0.4 is 5.32 Å². The molecule has 0 saturated heterocycles. The molecule has 3 aromatic carbocycles. The Hall–Kier alpha value is -4.11. The number of carbonyl (C=O) groups is 1. The zero-order valence-electron chi connectivity index (χ0n) is 18.3. The van der Waals surface area contributed by atoms with Gasteiger partial charge in [-0.3, -0.25) is 0 Å². The number of aromatic nitrogens is 2. The van der Waals surface area contributed by atoms with Gasteiger partial charge >= 0.3 is 5.97 Å². The number of fused-ring (bicyclic) bond motifs is 1. The molecule has 1 N–H and O–H groups in total. The summed E-state index contributed by atoms with van der Waals surface area (Å²) in [6.45, 7) is 2.62. The van der Waals surface area contributed by atoms with E-state index in [0.717, 1.165) is 45.7 Å². The van der Waals surface area contributed by atoms with Crippen LogP contribution in [0.3, 0.4) is 0 Å². The number of esters is 1. The molecule has 0 aliphatic heterocycles. The van der Waals surface area contributed by atoms with Crippen molar-refractivity contribution in [1.29, 1.82) is 5.26 Å². The lowest BCUT2D eigenvalue weighted by Gasteiger charge is -2.12. The predicted molar refractivity (Wildman–Crippen MR) is 126 cm³/mol. The molecule has 6 heteroatoms. The summed E-state index contributed by atoms with van der Waals surface area (Å²) in [5, 5.41) is 12.6. The number of ether oxygens (including phenoxy) is 1. The average molecular weight is 425 g/mol. The average Bonchev–Trinajstić information content (AvgIpc) is 3.21. The van der Waals surface area contributed by atoms with Crippen LogP contribution in [-0.4, -0.2) is 29.7 Å². The highest BCUT2D eigenvalue weighted by molar-refractivity contribution is 6.05. The predicted octanol–water partition coefficient (Wildman–Crippen LogP) is 5.01. The van der Waals surface area contributed by atoms with E-state index in [1.54, 1.807) is 6.07 Å². The van der Waals surface area contributed by atoms with E-state index in [1.807, 2.05) is 49.5 Å². The standard InChI is InChI=1S/C26H24N4O2/c1-4-23-29-24-22(28-2)14-13-21(26(31)32-3)25(24)30(23)16-17-9-11-18(12-10-17)20-8-6-5-7-19(20)15-27/h5-14,28H,4,16H2,1-3H3. The summed E-state index contributed by atoms with van der Waals surface area (Å²) >= 11 is 0. The molecule has 1 aromatic heterocycles. The number of aryl methyl sites for hydroxylation is 1. The SMILES string of the molecule is CCc1nc2c(NC)ccc(C(=O)OC)c2n1Cc1ccc(-c2ccccc2C#N)cc1. The van der Waals surface area contributed by atoms with Gasteiger partial charge in [0.05, 0.1) is 35.5 Å². The maximum Gasteiger partial charge on any atom is 0.340 e. The van der Waals surface area contributed by atoms with Crippen molar-refractivity contribution < 1.29 is 9.53 Å². The lowest BCUT2D eigenvalue weighted by atomic mass is 9.99. The molecule has 0 bridgehead atoms. The summed E-state index contributed by atoms with van der Waals surface area (Å²) in [6, 6.07) is 21.6. The van der Waals surface area contributed by atoms with E-state index in [0.29, 0.717) is 17.7 Å². The van der Waals surface area contributed by atoms with Gasteiger partial charge in [-0.15, -0.1) is 0 Å². The fourth-order valence-electron chi connectivity index (χ4n) is 4.01. The van der Waals surface area contributed by atoms with E-state index in [-0.39, 0.29) is 5.97 Å². The number of rotatable bonds is 6. The molecule has 1 heterocycles. The first-order valence-corrected chi connectivity index (χ1v) is 10.5. The molecule has 0 spiro atoms. The van der Waals surface area contributed by atoms with Crippen molar-refractivity contribution in [2.45, 2.75) is 19.9 Å². The van der Waals surface area contributed by atoms with Crippen LogP contribution in [0.15, 0.2) is 60.7 Å². The van der Waals surface area contributed by atoms with Gasteiger partial charge in [0.15, 0.2) is 0 Å². The molecule has 0 aliphatic carbocycles. The fraction of sp³-hybridized carbons (Fsp3) is 0.192. The number of nitrogens with one attached hydrogen (secondary N) is 1. The van der Waals surface area contributed by atoms with Crippen LogP contribution in [-0.2, 0) is 17.7 Å². The molecular formula is C26H24N4O2. The van der Waals surface area contributed by atoms with Crippen molar-refractivity contribution in [3.05, 3.63) is 83.2 Å². The lowest BCUT2D eigenvalue weighted by molar-refractivity contribution is 0.0602. The zero-order valence-corrected chi connectivity index (χ0v) is 18.3. The van der Waals surface area contributed by atoms with Crippen LogP contribution in [0.1, 0.15) is 34.2 Å². The largest absolute Gasteiger partial charge is 0.465 e. The Kier molecular flexibility index (Phi) is 5.91. The minimum atomic E-state index is -0.384. The van der Waals surface area contributed by atoms with E-state index in [2.05, 4.69) is 35.0 Å². The highest BCUT2D eigenvalue weighted by Gasteiger charge is 2.20. The third-order valence-electron chi connectivity index (χ3n) is 5.62. The van der Waals surface area contributed by atoms with Gasteiger partial charge in [0.1, 0.15) is 11.3 Å². The monoisotopic (exact) mass is 424 g/mol. The normalized spacial score (nSPS) is 10.7. The first kappa shape index (κ1) is 21.1. The Labute approximate surface area is 187 Å². The second-order valence-corrected chi connectivity index (χ2v) is 7.42. The van der Waals surface area contributed by atoms with Crippen molar-refractivity contribution in [2.24, 2.45) is 0 Å². The van der Waals surface area contributed by atoms with E-state index >= 15 is 0 Å². The number of nitrogens with zero attached hydrogens (tertiary/aromatic N) is 3. The molecule has 0 fully saturated rings. The molecule has 32 heavy (non-hydrogen) atoms. The molecule has 0 saturated carbocycles. The van der Waals surface area contributed by atoms with Gasteiger partial charge in [0.2, 0.25) is 0 Å². The highest BCUT2D eigenvalue weighted by atomic mass is 16.5. The topological polar surface area (TPSA) is 79.9 Å². The van der Waals surface area contributed by atoms with Gasteiger partial charge in [-0.05, 0) is 34.9 Å². The van der Waals surface area contributed by atoms with Gasteiger partial charge in [-0.1, -0.05) is 49.4 Å². The fourth-order valence-corrected chi connectivity index (χ4v) is 4.01. The summed E-state index contributed by atoms with van der Waals surface area (Å²) in [5.41, 5.74) is 6.50. The zero-order chi connectivity index (χ0) is 22.7. The summed E-state index contributed by atoms with van der Waals surface area (Å²) in [4.78, 5) is 17.3. The molecule has 4 rings (SSSR count). The van der Waals surface area contributed by atoms with E-state index in [9.17, 15) is 10.1 Å². The third-order valence-corrected chi connectivity index (χ3v) is 5.62. The van der Waals surface area contributed by atoms with Crippen LogP contribution in [0, 0.1) is 11.3 Å². The number of carbonyl (C=O) groups excluding carboxylic acids is 1. The molecule has 0 radical (unpaired) electrons. The van der Waals surface area contributed by atoms with Crippen LogP contribution in [0.2, 0.25) is 0 Å². The Morgan fingerprint density at radius 1 is 1.12 bits per heavy atom. The number of hydrogen-bond donors (Lipinski definition) is 1. The van der Waals surface area contributed by atoms with Crippen LogP contribution in [0.25, 0.3) is 22.2 Å².